The van der Waals surface area contributed by atoms with Crippen molar-refractivity contribution in [2.24, 2.45) is 5.92 Å². The second kappa shape index (κ2) is 5.91. The van der Waals surface area contributed by atoms with E-state index in [4.69, 9.17) is 5.11 Å². The molecule has 2 aliphatic carbocycles. The van der Waals surface area contributed by atoms with Gasteiger partial charge in [0.05, 0.1) is 11.3 Å². The Morgan fingerprint density at radius 1 is 1.22 bits per heavy atom. The number of aliphatic carboxylic acids is 1. The van der Waals surface area contributed by atoms with Gasteiger partial charge in [-0.15, -0.1) is 0 Å². The monoisotopic (exact) mass is 323 g/mol. The molecule has 0 unspecified atom stereocenters. The maximum Gasteiger partial charge on any atom is 0.306 e. The van der Waals surface area contributed by atoms with Crippen molar-refractivity contribution < 1.29 is 23.5 Å². The minimum absolute atomic E-state index is 0.190. The zero-order valence-electron chi connectivity index (χ0n) is 12.6. The molecule has 4 nitrogen and oxygen atoms in total. The lowest BCUT2D eigenvalue weighted by atomic mass is 9.63. The summed E-state index contributed by atoms with van der Waals surface area (Å²) < 4.78 is 27.2. The minimum atomic E-state index is -0.945. The van der Waals surface area contributed by atoms with Crippen molar-refractivity contribution >= 4 is 11.9 Å². The van der Waals surface area contributed by atoms with Gasteiger partial charge in [-0.25, -0.2) is 8.78 Å². The van der Waals surface area contributed by atoms with Gasteiger partial charge in [-0.1, -0.05) is 12.5 Å². The summed E-state index contributed by atoms with van der Waals surface area (Å²) in [5, 5.41) is 11.9. The van der Waals surface area contributed by atoms with E-state index in [1.807, 2.05) is 0 Å². The molecule has 0 heterocycles. The minimum Gasteiger partial charge on any atom is -0.481 e. The van der Waals surface area contributed by atoms with Crippen molar-refractivity contribution in [3.63, 3.8) is 0 Å². The Labute approximate surface area is 132 Å². The first-order valence-electron chi connectivity index (χ1n) is 7.92. The van der Waals surface area contributed by atoms with E-state index in [9.17, 15) is 18.4 Å². The highest BCUT2D eigenvalue weighted by atomic mass is 19.1. The molecule has 0 spiro atoms. The predicted octanol–water partition coefficient (Wildman–Crippen LogP) is 2.76. The highest BCUT2D eigenvalue weighted by molar-refractivity contribution is 5.89. The zero-order valence-corrected chi connectivity index (χ0v) is 12.6. The van der Waals surface area contributed by atoms with Gasteiger partial charge in [0.25, 0.3) is 0 Å². The van der Waals surface area contributed by atoms with Crippen molar-refractivity contribution in [1.82, 2.24) is 5.32 Å². The van der Waals surface area contributed by atoms with E-state index in [-0.39, 0.29) is 17.5 Å². The van der Waals surface area contributed by atoms with E-state index in [1.165, 1.54) is 12.1 Å². The van der Waals surface area contributed by atoms with Crippen LogP contribution in [-0.4, -0.2) is 23.0 Å². The van der Waals surface area contributed by atoms with E-state index >= 15 is 0 Å². The lowest BCUT2D eigenvalue weighted by molar-refractivity contribution is -0.141. The maximum absolute atomic E-state index is 14.1. The number of halogens is 2. The highest BCUT2D eigenvalue weighted by Crippen LogP contribution is 2.45. The third-order valence-corrected chi connectivity index (χ3v) is 5.21. The molecular formula is C17H19F2NO3. The quantitative estimate of drug-likeness (QED) is 0.895. The van der Waals surface area contributed by atoms with Gasteiger partial charge >= 0.3 is 5.97 Å². The number of carboxylic acids is 1. The summed E-state index contributed by atoms with van der Waals surface area (Å²) in [6, 6.07) is 3.13. The van der Waals surface area contributed by atoms with Crippen LogP contribution in [0.1, 0.15) is 44.1 Å². The van der Waals surface area contributed by atoms with Crippen LogP contribution in [0, 0.1) is 17.6 Å². The fourth-order valence-electron chi connectivity index (χ4n) is 3.69. The number of carbonyl (C=O) groups is 2. The molecule has 0 radical (unpaired) electrons. The summed E-state index contributed by atoms with van der Waals surface area (Å²) in [4.78, 5) is 23.7. The van der Waals surface area contributed by atoms with E-state index < -0.39 is 28.9 Å². The SMILES string of the molecule is O=C(O)[C@@H]1CC[C@H](NC(=O)C2(c3ccc(F)cc3F)CCC2)C1. The zero-order chi connectivity index (χ0) is 16.6. The van der Waals surface area contributed by atoms with Crippen molar-refractivity contribution in [2.75, 3.05) is 0 Å². The van der Waals surface area contributed by atoms with Crippen LogP contribution >= 0.6 is 0 Å². The number of carboxylic acid groups (broad SMARTS) is 1. The molecule has 0 bridgehead atoms. The van der Waals surface area contributed by atoms with Gasteiger partial charge < -0.3 is 10.4 Å². The molecule has 3 rings (SSSR count). The Morgan fingerprint density at radius 2 is 1.96 bits per heavy atom. The molecule has 2 saturated carbocycles. The largest absolute Gasteiger partial charge is 0.481 e. The molecule has 2 atom stereocenters. The number of amides is 1. The van der Waals surface area contributed by atoms with Gasteiger partial charge in [0.15, 0.2) is 0 Å². The molecule has 23 heavy (non-hydrogen) atoms. The van der Waals surface area contributed by atoms with Crippen LogP contribution in [0.5, 0.6) is 0 Å². The van der Waals surface area contributed by atoms with Crippen LogP contribution in [0.25, 0.3) is 0 Å². The van der Waals surface area contributed by atoms with Crippen LogP contribution < -0.4 is 5.32 Å². The second-order valence-electron chi connectivity index (χ2n) is 6.58. The second-order valence-corrected chi connectivity index (χ2v) is 6.58. The summed E-state index contributed by atoms with van der Waals surface area (Å²) >= 11 is 0. The average molecular weight is 323 g/mol. The summed E-state index contributed by atoms with van der Waals surface area (Å²) in [6.07, 6.45) is 3.42. The van der Waals surface area contributed by atoms with Gasteiger partial charge in [0.1, 0.15) is 11.6 Å². The summed E-state index contributed by atoms with van der Waals surface area (Å²) in [5.74, 6) is -2.91. The summed E-state index contributed by atoms with van der Waals surface area (Å²) in [6.45, 7) is 0. The molecule has 1 amide bonds. The molecule has 6 heteroatoms. The third-order valence-electron chi connectivity index (χ3n) is 5.21. The Bertz CT molecular complexity index is 643. The van der Waals surface area contributed by atoms with E-state index in [0.29, 0.717) is 32.1 Å². The average Bonchev–Trinajstić information content (AvgIpc) is 2.88. The molecule has 0 aromatic heterocycles. The number of benzene rings is 1. The predicted molar refractivity (Wildman–Crippen MR) is 78.8 cm³/mol. The fourth-order valence-corrected chi connectivity index (χ4v) is 3.69. The fraction of sp³-hybridized carbons (Fsp3) is 0.529. The molecule has 2 fully saturated rings. The number of hydrogen-bond donors (Lipinski definition) is 2. The Hall–Kier alpha value is -1.98. The Morgan fingerprint density at radius 3 is 2.48 bits per heavy atom. The molecule has 124 valence electrons. The smallest absolute Gasteiger partial charge is 0.306 e. The maximum atomic E-state index is 14.1. The van der Waals surface area contributed by atoms with E-state index in [0.717, 1.165) is 12.5 Å². The van der Waals surface area contributed by atoms with Crippen LogP contribution in [0.3, 0.4) is 0 Å². The normalized spacial score (nSPS) is 25.7. The molecule has 1 aromatic rings. The highest BCUT2D eigenvalue weighted by Gasteiger charge is 2.48. The lowest BCUT2D eigenvalue weighted by Gasteiger charge is -2.41. The van der Waals surface area contributed by atoms with Crippen LogP contribution in [0.15, 0.2) is 18.2 Å². The van der Waals surface area contributed by atoms with Crippen molar-refractivity contribution in [3.05, 3.63) is 35.4 Å². The van der Waals surface area contributed by atoms with E-state index in [2.05, 4.69) is 5.32 Å². The van der Waals surface area contributed by atoms with Crippen LogP contribution in [-0.2, 0) is 15.0 Å². The summed E-state index contributed by atoms with van der Waals surface area (Å²) in [5.41, 5.74) is -0.713. The first kappa shape index (κ1) is 15.9. The third kappa shape index (κ3) is 2.82. The number of nitrogens with one attached hydrogen (secondary N) is 1. The van der Waals surface area contributed by atoms with Gasteiger partial charge in [-0.3, -0.25) is 9.59 Å². The molecule has 0 saturated heterocycles. The van der Waals surface area contributed by atoms with Crippen molar-refractivity contribution in [1.29, 1.82) is 0 Å². The van der Waals surface area contributed by atoms with Crippen molar-refractivity contribution in [2.45, 2.75) is 50.0 Å². The number of rotatable bonds is 4. The lowest BCUT2D eigenvalue weighted by Crippen LogP contribution is -2.52. The van der Waals surface area contributed by atoms with Crippen LogP contribution in [0.2, 0.25) is 0 Å². The molecule has 0 aliphatic heterocycles. The van der Waals surface area contributed by atoms with Gasteiger partial charge in [-0.05, 0) is 38.2 Å². The number of carbonyl (C=O) groups excluding carboxylic acids is 1. The summed E-state index contributed by atoms with van der Waals surface area (Å²) in [7, 11) is 0. The van der Waals surface area contributed by atoms with Crippen LogP contribution in [0.4, 0.5) is 8.78 Å². The molecule has 1 aromatic carbocycles. The van der Waals surface area contributed by atoms with Crippen molar-refractivity contribution in [3.8, 4) is 0 Å². The molecular weight excluding hydrogens is 304 g/mol. The topological polar surface area (TPSA) is 66.4 Å². The molecule has 2 N–H and O–H groups in total. The standard InChI is InChI=1S/C17H19F2NO3/c18-11-3-5-13(14(19)9-11)17(6-1-7-17)16(23)20-12-4-2-10(8-12)15(21)22/h3,5,9-10,12H,1-2,4,6-8H2,(H,20,23)(H,21,22)/t10-,12+/m1/s1. The van der Waals surface area contributed by atoms with Gasteiger partial charge in [0.2, 0.25) is 5.91 Å². The Balaban J connectivity index is 1.75. The van der Waals surface area contributed by atoms with E-state index in [1.54, 1.807) is 0 Å². The Kier molecular flexibility index (Phi) is 4.08. The first-order valence-corrected chi connectivity index (χ1v) is 7.92. The molecule has 2 aliphatic rings. The van der Waals surface area contributed by atoms with Gasteiger partial charge in [-0.2, -0.15) is 0 Å². The van der Waals surface area contributed by atoms with Gasteiger partial charge in [0, 0.05) is 17.7 Å². The number of hydrogen-bond acceptors (Lipinski definition) is 2. The first-order chi connectivity index (χ1) is 10.9.